The number of benzene rings is 1. The molecule has 0 aromatic heterocycles. The van der Waals surface area contributed by atoms with Crippen LogP contribution in [0.4, 0.5) is 0 Å². The average Bonchev–Trinajstić information content (AvgIpc) is 3.02. The minimum Gasteiger partial charge on any atom is -0.351 e. The van der Waals surface area contributed by atoms with Gasteiger partial charge in [0.25, 0.3) is 0 Å². The number of nitrogens with one attached hydrogen (secondary N) is 2. The van der Waals surface area contributed by atoms with Crippen molar-refractivity contribution in [1.29, 1.82) is 0 Å². The van der Waals surface area contributed by atoms with Gasteiger partial charge >= 0.3 is 11.8 Å². The largest absolute Gasteiger partial charge is 0.351 e. The summed E-state index contributed by atoms with van der Waals surface area (Å²) in [6, 6.07) is 7.86. The van der Waals surface area contributed by atoms with Gasteiger partial charge in [-0.25, -0.2) is 8.42 Å². The second-order valence-electron chi connectivity index (χ2n) is 5.01. The molecule has 1 atom stereocenters. The minimum atomic E-state index is -3.58. The van der Waals surface area contributed by atoms with Crippen LogP contribution in [0.1, 0.15) is 12.8 Å². The van der Waals surface area contributed by atoms with Gasteiger partial charge in [0, 0.05) is 26.2 Å². The van der Waals surface area contributed by atoms with Crippen molar-refractivity contribution < 1.29 is 18.0 Å². The van der Waals surface area contributed by atoms with Crippen LogP contribution in [0, 0.1) is 0 Å². The van der Waals surface area contributed by atoms with Crippen LogP contribution >= 0.6 is 0 Å². The first-order chi connectivity index (χ1) is 10.5. The molecule has 0 bridgehead atoms. The van der Waals surface area contributed by atoms with Crippen LogP contribution in [0.15, 0.2) is 35.2 Å². The molecule has 0 saturated carbocycles. The fraction of sp³-hybridized carbons (Fsp3) is 0.429. The van der Waals surface area contributed by atoms with Crippen molar-refractivity contribution in [1.82, 2.24) is 14.9 Å². The lowest BCUT2D eigenvalue weighted by atomic mass is 10.2. The molecule has 0 radical (unpaired) electrons. The predicted octanol–water partition coefficient (Wildman–Crippen LogP) is -0.298. The number of likely N-dealkylation sites (N-methyl/N-ethyl adjacent to an activating group) is 1. The van der Waals surface area contributed by atoms with E-state index in [1.54, 1.807) is 30.3 Å². The summed E-state index contributed by atoms with van der Waals surface area (Å²) in [7, 11) is -2.22. The zero-order valence-corrected chi connectivity index (χ0v) is 13.1. The zero-order valence-electron chi connectivity index (χ0n) is 12.3. The standard InChI is InChI=1S/C14H19N3O4S/c1-15-13(18)14(19)16-10-11-6-5-9-17(11)22(20,21)12-7-3-2-4-8-12/h2-4,7-8,11H,5-6,9-10H2,1H3,(H,15,18)(H,16,19). The molecule has 1 saturated heterocycles. The van der Waals surface area contributed by atoms with Gasteiger partial charge < -0.3 is 10.6 Å². The van der Waals surface area contributed by atoms with E-state index in [0.29, 0.717) is 13.0 Å². The molecule has 8 heteroatoms. The number of hydrogen-bond acceptors (Lipinski definition) is 4. The molecule has 1 aliphatic heterocycles. The van der Waals surface area contributed by atoms with Gasteiger partial charge in [0.05, 0.1) is 4.90 Å². The molecule has 2 amide bonds. The fourth-order valence-electron chi connectivity index (χ4n) is 2.46. The number of hydrogen-bond donors (Lipinski definition) is 2. The van der Waals surface area contributed by atoms with Gasteiger partial charge in [0.15, 0.2) is 0 Å². The van der Waals surface area contributed by atoms with Crippen LogP contribution in [0.3, 0.4) is 0 Å². The Labute approximate surface area is 129 Å². The van der Waals surface area contributed by atoms with Gasteiger partial charge in [-0.05, 0) is 25.0 Å². The molecule has 1 aromatic rings. The van der Waals surface area contributed by atoms with Gasteiger partial charge in [0.1, 0.15) is 0 Å². The summed E-state index contributed by atoms with van der Waals surface area (Å²) in [6.07, 6.45) is 1.38. The van der Waals surface area contributed by atoms with Crippen molar-refractivity contribution in [3.8, 4) is 0 Å². The van der Waals surface area contributed by atoms with Gasteiger partial charge in [-0.1, -0.05) is 18.2 Å². The van der Waals surface area contributed by atoms with E-state index in [-0.39, 0.29) is 17.5 Å². The highest BCUT2D eigenvalue weighted by Gasteiger charge is 2.35. The molecule has 22 heavy (non-hydrogen) atoms. The first-order valence-electron chi connectivity index (χ1n) is 7.03. The van der Waals surface area contributed by atoms with Gasteiger partial charge in [-0.3, -0.25) is 9.59 Å². The van der Waals surface area contributed by atoms with E-state index in [4.69, 9.17) is 0 Å². The van der Waals surface area contributed by atoms with Crippen molar-refractivity contribution in [3.05, 3.63) is 30.3 Å². The van der Waals surface area contributed by atoms with E-state index < -0.39 is 21.8 Å². The third-order valence-corrected chi connectivity index (χ3v) is 5.57. The first-order valence-corrected chi connectivity index (χ1v) is 8.47. The molecule has 120 valence electrons. The topological polar surface area (TPSA) is 95.6 Å². The van der Waals surface area contributed by atoms with E-state index >= 15 is 0 Å². The summed E-state index contributed by atoms with van der Waals surface area (Å²) in [6.45, 7) is 0.538. The monoisotopic (exact) mass is 325 g/mol. The molecule has 1 heterocycles. The zero-order chi connectivity index (χ0) is 16.2. The Kier molecular flexibility index (Phi) is 5.15. The maximum atomic E-state index is 12.6. The second kappa shape index (κ2) is 6.89. The number of sulfonamides is 1. The van der Waals surface area contributed by atoms with Crippen molar-refractivity contribution in [2.45, 2.75) is 23.8 Å². The molecule has 0 aliphatic carbocycles. The molecular formula is C14H19N3O4S. The molecule has 1 aliphatic rings. The number of amides is 2. The molecule has 2 N–H and O–H groups in total. The average molecular weight is 325 g/mol. The van der Waals surface area contributed by atoms with Gasteiger partial charge in [-0.2, -0.15) is 4.31 Å². The molecule has 0 spiro atoms. The van der Waals surface area contributed by atoms with E-state index in [1.807, 2.05) is 0 Å². The lowest BCUT2D eigenvalue weighted by Crippen LogP contribution is -2.46. The van der Waals surface area contributed by atoms with E-state index in [0.717, 1.165) is 6.42 Å². The Bertz CT molecular complexity index is 645. The van der Waals surface area contributed by atoms with E-state index in [2.05, 4.69) is 10.6 Å². The Balaban J connectivity index is 2.08. The van der Waals surface area contributed by atoms with Crippen molar-refractivity contribution in [2.24, 2.45) is 0 Å². The molecule has 2 rings (SSSR count). The minimum absolute atomic E-state index is 0.123. The van der Waals surface area contributed by atoms with Crippen LogP contribution in [-0.4, -0.2) is 50.7 Å². The molecular weight excluding hydrogens is 306 g/mol. The quantitative estimate of drug-likeness (QED) is 0.743. The first kappa shape index (κ1) is 16.4. The number of carbonyl (C=O) groups is 2. The van der Waals surface area contributed by atoms with Gasteiger partial charge in [-0.15, -0.1) is 0 Å². The van der Waals surface area contributed by atoms with Crippen LogP contribution in [-0.2, 0) is 19.6 Å². The highest BCUT2D eigenvalue weighted by atomic mass is 32.2. The summed E-state index contributed by atoms with van der Waals surface area (Å²) in [5.74, 6) is -1.50. The Morgan fingerprint density at radius 3 is 2.55 bits per heavy atom. The van der Waals surface area contributed by atoms with Crippen LogP contribution in [0.25, 0.3) is 0 Å². The summed E-state index contributed by atoms with van der Waals surface area (Å²) in [4.78, 5) is 22.9. The lowest BCUT2D eigenvalue weighted by molar-refractivity contribution is -0.138. The van der Waals surface area contributed by atoms with E-state index in [1.165, 1.54) is 11.4 Å². The molecule has 7 nitrogen and oxygen atoms in total. The van der Waals surface area contributed by atoms with Crippen LogP contribution in [0.5, 0.6) is 0 Å². The normalized spacial score (nSPS) is 18.9. The second-order valence-corrected chi connectivity index (χ2v) is 6.90. The van der Waals surface area contributed by atoms with Crippen molar-refractivity contribution >= 4 is 21.8 Å². The van der Waals surface area contributed by atoms with Crippen molar-refractivity contribution in [2.75, 3.05) is 20.1 Å². The summed E-state index contributed by atoms with van der Waals surface area (Å²) < 4.78 is 26.6. The van der Waals surface area contributed by atoms with Crippen LogP contribution in [0.2, 0.25) is 0 Å². The third kappa shape index (κ3) is 3.45. The van der Waals surface area contributed by atoms with Crippen molar-refractivity contribution in [3.63, 3.8) is 0 Å². The predicted molar refractivity (Wildman–Crippen MR) is 80.4 cm³/mol. The summed E-state index contributed by atoms with van der Waals surface area (Å²) in [5.41, 5.74) is 0. The number of nitrogens with zero attached hydrogens (tertiary/aromatic N) is 1. The third-order valence-electron chi connectivity index (χ3n) is 3.60. The SMILES string of the molecule is CNC(=O)C(=O)NCC1CCCN1S(=O)(=O)c1ccccc1. The number of rotatable bonds is 4. The highest BCUT2D eigenvalue weighted by molar-refractivity contribution is 7.89. The summed E-state index contributed by atoms with van der Waals surface area (Å²) in [5, 5.41) is 4.70. The maximum Gasteiger partial charge on any atom is 0.309 e. The Hall–Kier alpha value is -1.93. The smallest absolute Gasteiger partial charge is 0.309 e. The molecule has 1 unspecified atom stereocenters. The van der Waals surface area contributed by atoms with E-state index in [9.17, 15) is 18.0 Å². The van der Waals surface area contributed by atoms with Gasteiger partial charge in [0.2, 0.25) is 10.0 Å². The molecule has 1 fully saturated rings. The van der Waals surface area contributed by atoms with Crippen LogP contribution < -0.4 is 10.6 Å². The lowest BCUT2D eigenvalue weighted by Gasteiger charge is -2.24. The highest BCUT2D eigenvalue weighted by Crippen LogP contribution is 2.25. The maximum absolute atomic E-state index is 12.6. The Morgan fingerprint density at radius 2 is 1.91 bits per heavy atom. The fourth-order valence-corrected chi connectivity index (χ4v) is 4.18. The number of carbonyl (C=O) groups excluding carboxylic acids is 2. The Morgan fingerprint density at radius 1 is 1.23 bits per heavy atom. The molecule has 1 aromatic carbocycles. The summed E-state index contributed by atoms with van der Waals surface area (Å²) >= 11 is 0.